The van der Waals surface area contributed by atoms with Gasteiger partial charge in [-0.2, -0.15) is 4.68 Å². The Morgan fingerprint density at radius 3 is 2.84 bits per heavy atom. The molecule has 1 atom stereocenters. The smallest absolute Gasteiger partial charge is 0.248 e. The third-order valence-electron chi connectivity index (χ3n) is 5.72. The fraction of sp³-hybridized carbons (Fsp3) is 0.304. The number of hydrogen-bond acceptors (Lipinski definition) is 7. The highest BCUT2D eigenvalue weighted by molar-refractivity contribution is 5.99. The van der Waals surface area contributed by atoms with Crippen molar-refractivity contribution in [3.8, 4) is 11.5 Å². The van der Waals surface area contributed by atoms with Crippen molar-refractivity contribution in [2.24, 2.45) is 0 Å². The monoisotopic (exact) mass is 417 g/mol. The molecule has 2 aliphatic rings. The number of allylic oxidation sites excluding steroid dienone is 2. The molecule has 1 aromatic heterocycles. The molecule has 2 heterocycles. The third kappa shape index (κ3) is 3.65. The molecule has 2 aromatic carbocycles. The van der Waals surface area contributed by atoms with Crippen LogP contribution in [0.1, 0.15) is 36.4 Å². The number of rotatable bonds is 6. The van der Waals surface area contributed by atoms with Gasteiger partial charge in [0, 0.05) is 24.1 Å². The minimum Gasteiger partial charge on any atom is -0.493 e. The molecule has 8 heteroatoms. The molecule has 31 heavy (non-hydrogen) atoms. The van der Waals surface area contributed by atoms with Crippen molar-refractivity contribution in [3.05, 3.63) is 70.9 Å². The molecule has 5 rings (SSSR count). The van der Waals surface area contributed by atoms with Crippen LogP contribution in [0.2, 0.25) is 0 Å². The molecule has 1 aliphatic heterocycles. The number of nitrogens with one attached hydrogen (secondary N) is 1. The van der Waals surface area contributed by atoms with Gasteiger partial charge in [0.2, 0.25) is 5.95 Å². The number of carbonyl (C=O) groups excluding carboxylic acids is 1. The fourth-order valence-electron chi connectivity index (χ4n) is 4.22. The van der Waals surface area contributed by atoms with Crippen LogP contribution in [0.15, 0.2) is 59.8 Å². The van der Waals surface area contributed by atoms with E-state index in [9.17, 15) is 4.79 Å². The van der Waals surface area contributed by atoms with E-state index in [1.54, 1.807) is 11.8 Å². The molecule has 0 bridgehead atoms. The second kappa shape index (κ2) is 8.22. The zero-order valence-electron chi connectivity index (χ0n) is 17.2. The number of carbonyl (C=O) groups is 1. The third-order valence-corrected chi connectivity index (χ3v) is 5.72. The summed E-state index contributed by atoms with van der Waals surface area (Å²) in [6.45, 7) is 0.540. The topological polar surface area (TPSA) is 91.2 Å². The first-order valence-electron chi connectivity index (χ1n) is 10.4. The van der Waals surface area contributed by atoms with E-state index in [2.05, 4.69) is 33.0 Å². The van der Waals surface area contributed by atoms with E-state index in [4.69, 9.17) is 9.47 Å². The molecule has 0 fully saturated rings. The van der Waals surface area contributed by atoms with Gasteiger partial charge in [0.1, 0.15) is 6.04 Å². The summed E-state index contributed by atoms with van der Waals surface area (Å²) in [5.41, 5.74) is 3.73. The van der Waals surface area contributed by atoms with Gasteiger partial charge in [-0.05, 0) is 46.5 Å². The van der Waals surface area contributed by atoms with Crippen molar-refractivity contribution in [2.75, 3.05) is 19.0 Å². The van der Waals surface area contributed by atoms with E-state index < -0.39 is 0 Å². The molecule has 1 aliphatic carbocycles. The average molecular weight is 417 g/mol. The zero-order chi connectivity index (χ0) is 21.2. The molecule has 1 N–H and O–H groups in total. The number of tetrazole rings is 1. The summed E-state index contributed by atoms with van der Waals surface area (Å²) in [5.74, 6) is 1.95. The van der Waals surface area contributed by atoms with E-state index in [-0.39, 0.29) is 11.8 Å². The van der Waals surface area contributed by atoms with Crippen molar-refractivity contribution < 1.29 is 14.3 Å². The Labute approximate surface area is 179 Å². The Bertz CT molecular complexity index is 1140. The Balaban J connectivity index is 1.43. The lowest BCUT2D eigenvalue weighted by Crippen LogP contribution is -2.31. The van der Waals surface area contributed by atoms with Gasteiger partial charge in [0.25, 0.3) is 0 Å². The minimum absolute atomic E-state index is 0.127. The van der Waals surface area contributed by atoms with E-state index in [1.165, 1.54) is 5.56 Å². The summed E-state index contributed by atoms with van der Waals surface area (Å²) in [5, 5.41) is 15.2. The van der Waals surface area contributed by atoms with E-state index >= 15 is 0 Å². The Morgan fingerprint density at radius 1 is 1.13 bits per heavy atom. The van der Waals surface area contributed by atoms with E-state index in [0.29, 0.717) is 30.5 Å². The number of Topliss-reactive ketones (excluding diaryl/α,β-unsaturated/α-hetero) is 1. The van der Waals surface area contributed by atoms with Crippen LogP contribution in [-0.2, 0) is 11.2 Å². The second-order valence-corrected chi connectivity index (χ2v) is 7.64. The van der Waals surface area contributed by atoms with Gasteiger partial charge in [-0.25, -0.2) is 0 Å². The molecular weight excluding hydrogens is 394 g/mol. The summed E-state index contributed by atoms with van der Waals surface area (Å²) >= 11 is 0. The van der Waals surface area contributed by atoms with Crippen LogP contribution >= 0.6 is 0 Å². The SMILES string of the molecule is COc1cc(C2C3=C(CCCC3=O)Nc3nnnn32)ccc1OCCc1ccccc1. The molecule has 1 unspecified atom stereocenters. The molecular formula is C23H23N5O3. The average Bonchev–Trinajstić information content (AvgIpc) is 3.27. The number of nitrogens with zero attached hydrogens (tertiary/aromatic N) is 4. The van der Waals surface area contributed by atoms with Gasteiger partial charge in [0.05, 0.1) is 13.7 Å². The lowest BCUT2D eigenvalue weighted by Gasteiger charge is -2.31. The molecule has 3 aromatic rings. The number of benzene rings is 2. The molecule has 158 valence electrons. The van der Waals surface area contributed by atoms with E-state index in [1.807, 2.05) is 36.4 Å². The largest absolute Gasteiger partial charge is 0.493 e. The standard InChI is InChI=1S/C23H23N5O3/c1-30-20-14-16(10-11-19(20)31-13-12-15-6-3-2-4-7-15)22-21-17(8-5-9-18(21)29)24-23-25-26-27-28(22)23/h2-4,6-7,10-11,14,22H,5,8-9,12-13H2,1H3,(H,24,25,27). The second-order valence-electron chi connectivity index (χ2n) is 7.64. The zero-order valence-corrected chi connectivity index (χ0v) is 17.2. The van der Waals surface area contributed by atoms with E-state index in [0.717, 1.165) is 36.1 Å². The maximum Gasteiger partial charge on any atom is 0.248 e. The van der Waals surface area contributed by atoms with Gasteiger partial charge < -0.3 is 14.8 Å². The number of hydrogen-bond donors (Lipinski definition) is 1. The number of fused-ring (bicyclic) bond motifs is 1. The highest BCUT2D eigenvalue weighted by Crippen LogP contribution is 2.41. The van der Waals surface area contributed by atoms with Crippen LogP contribution in [0, 0.1) is 0 Å². The predicted octanol–water partition coefficient (Wildman–Crippen LogP) is 3.33. The summed E-state index contributed by atoms with van der Waals surface area (Å²) < 4.78 is 13.3. The first kappa shape index (κ1) is 19.3. The van der Waals surface area contributed by atoms with Gasteiger partial charge in [0.15, 0.2) is 17.3 Å². The lowest BCUT2D eigenvalue weighted by molar-refractivity contribution is -0.116. The van der Waals surface area contributed by atoms with Crippen molar-refractivity contribution in [2.45, 2.75) is 31.7 Å². The highest BCUT2D eigenvalue weighted by Gasteiger charge is 2.36. The van der Waals surface area contributed by atoms with Crippen LogP contribution in [-0.4, -0.2) is 39.7 Å². The Kier molecular flexibility index (Phi) is 5.11. The summed E-state index contributed by atoms with van der Waals surface area (Å²) in [7, 11) is 1.62. The lowest BCUT2D eigenvalue weighted by atomic mass is 9.85. The summed E-state index contributed by atoms with van der Waals surface area (Å²) in [4.78, 5) is 12.8. The van der Waals surface area contributed by atoms with Crippen LogP contribution < -0.4 is 14.8 Å². The number of anilines is 1. The maximum atomic E-state index is 12.8. The van der Waals surface area contributed by atoms with Crippen molar-refractivity contribution in [1.29, 1.82) is 0 Å². The van der Waals surface area contributed by atoms with Gasteiger partial charge in [-0.1, -0.05) is 41.5 Å². The molecule has 0 saturated carbocycles. The molecule has 8 nitrogen and oxygen atoms in total. The highest BCUT2D eigenvalue weighted by atomic mass is 16.5. The number of aromatic nitrogens is 4. The van der Waals surface area contributed by atoms with Crippen molar-refractivity contribution in [3.63, 3.8) is 0 Å². The number of ketones is 1. The first-order chi connectivity index (χ1) is 15.2. The molecule has 0 radical (unpaired) electrons. The molecule has 0 amide bonds. The van der Waals surface area contributed by atoms with Crippen LogP contribution in [0.5, 0.6) is 11.5 Å². The Hall–Kier alpha value is -3.68. The van der Waals surface area contributed by atoms with Crippen LogP contribution in [0.3, 0.4) is 0 Å². The first-order valence-corrected chi connectivity index (χ1v) is 10.4. The number of methoxy groups -OCH3 is 1. The van der Waals surface area contributed by atoms with Gasteiger partial charge >= 0.3 is 0 Å². The summed E-state index contributed by atoms with van der Waals surface area (Å²) in [6.07, 6.45) is 2.98. The summed E-state index contributed by atoms with van der Waals surface area (Å²) in [6, 6.07) is 15.6. The van der Waals surface area contributed by atoms with Crippen LogP contribution in [0.4, 0.5) is 5.95 Å². The molecule has 0 saturated heterocycles. The Morgan fingerprint density at radius 2 is 2.00 bits per heavy atom. The van der Waals surface area contributed by atoms with Gasteiger partial charge in [-0.3, -0.25) is 4.79 Å². The van der Waals surface area contributed by atoms with Crippen LogP contribution in [0.25, 0.3) is 0 Å². The molecule has 0 spiro atoms. The van der Waals surface area contributed by atoms with Crippen molar-refractivity contribution >= 4 is 11.7 Å². The predicted molar refractivity (Wildman–Crippen MR) is 114 cm³/mol. The maximum absolute atomic E-state index is 12.8. The quantitative estimate of drug-likeness (QED) is 0.658. The van der Waals surface area contributed by atoms with Gasteiger partial charge in [-0.15, -0.1) is 0 Å². The fourth-order valence-corrected chi connectivity index (χ4v) is 4.22. The minimum atomic E-state index is -0.388. The normalized spacial score (nSPS) is 17.6. The van der Waals surface area contributed by atoms with Crippen molar-refractivity contribution in [1.82, 2.24) is 20.2 Å². The number of ether oxygens (including phenoxy) is 2.